The van der Waals surface area contributed by atoms with Crippen molar-refractivity contribution in [1.29, 1.82) is 0 Å². The average molecular weight is 250 g/mol. The van der Waals surface area contributed by atoms with Gasteiger partial charge in [-0.05, 0) is 40.5 Å². The van der Waals surface area contributed by atoms with Crippen LogP contribution < -0.4 is 0 Å². The molecule has 0 N–H and O–H groups in total. The van der Waals surface area contributed by atoms with Gasteiger partial charge in [0.1, 0.15) is 0 Å². The molecular weight excluding hydrogens is 242 g/mol. The van der Waals surface area contributed by atoms with Crippen molar-refractivity contribution in [2.75, 3.05) is 0 Å². The third kappa shape index (κ3) is 1.80. The lowest BCUT2D eigenvalue weighted by atomic mass is 10.1. The van der Waals surface area contributed by atoms with Crippen molar-refractivity contribution in [3.05, 3.63) is 40.8 Å². The lowest BCUT2D eigenvalue weighted by Crippen LogP contribution is -1.89. The molecule has 0 atom stereocenters. The van der Waals surface area contributed by atoms with Crippen LogP contribution in [0.25, 0.3) is 11.3 Å². The van der Waals surface area contributed by atoms with E-state index < -0.39 is 0 Å². The van der Waals surface area contributed by atoms with Crippen LogP contribution >= 0.6 is 15.9 Å². The van der Waals surface area contributed by atoms with Crippen molar-refractivity contribution < 1.29 is 0 Å². The molecule has 0 amide bonds. The molecule has 0 fully saturated rings. The van der Waals surface area contributed by atoms with Gasteiger partial charge in [-0.15, -0.1) is 0 Å². The average Bonchev–Trinajstić information content (AvgIpc) is 2.20. The van der Waals surface area contributed by atoms with Crippen molar-refractivity contribution in [1.82, 2.24) is 15.2 Å². The summed E-state index contributed by atoms with van der Waals surface area (Å²) < 4.78 is 0.973. The second kappa shape index (κ2) is 3.84. The summed E-state index contributed by atoms with van der Waals surface area (Å²) in [7, 11) is 0. The number of halogens is 1. The van der Waals surface area contributed by atoms with Gasteiger partial charge in [0.25, 0.3) is 0 Å². The molecule has 0 bridgehead atoms. The second-order valence-electron chi connectivity index (χ2n) is 2.95. The van der Waals surface area contributed by atoms with Crippen LogP contribution in [0.3, 0.4) is 0 Å². The van der Waals surface area contributed by atoms with E-state index in [2.05, 4.69) is 31.1 Å². The Hall–Kier alpha value is -1.29. The summed E-state index contributed by atoms with van der Waals surface area (Å²) in [4.78, 5) is 4.29. The Morgan fingerprint density at radius 3 is 2.50 bits per heavy atom. The highest BCUT2D eigenvalue weighted by Crippen LogP contribution is 2.20. The molecule has 0 radical (unpaired) electrons. The maximum Gasteiger partial charge on any atom is 0.0722 e. The predicted molar refractivity (Wildman–Crippen MR) is 57.7 cm³/mol. The quantitative estimate of drug-likeness (QED) is 0.780. The lowest BCUT2D eigenvalue weighted by molar-refractivity contribution is 1.01. The standard InChI is InChI=1S/C10H8BrN3/c1-7-4-13-14-6-9(7)10-3-2-8(11)5-12-10/h2-6H,1H3. The first-order valence-corrected chi connectivity index (χ1v) is 4.96. The fourth-order valence-corrected chi connectivity index (χ4v) is 1.42. The number of hydrogen-bond donors (Lipinski definition) is 0. The van der Waals surface area contributed by atoms with Crippen LogP contribution in [-0.2, 0) is 0 Å². The highest BCUT2D eigenvalue weighted by Gasteiger charge is 2.02. The van der Waals surface area contributed by atoms with Crippen LogP contribution in [0, 0.1) is 6.92 Å². The molecule has 70 valence electrons. The summed E-state index contributed by atoms with van der Waals surface area (Å²) >= 11 is 3.35. The monoisotopic (exact) mass is 249 g/mol. The fraction of sp³-hybridized carbons (Fsp3) is 0.100. The first kappa shape index (κ1) is 9.27. The van der Waals surface area contributed by atoms with Crippen LogP contribution in [0.1, 0.15) is 5.56 Å². The van der Waals surface area contributed by atoms with Crippen LogP contribution in [0.4, 0.5) is 0 Å². The minimum absolute atomic E-state index is 0.917. The Bertz CT molecular complexity index is 439. The van der Waals surface area contributed by atoms with Gasteiger partial charge in [-0.1, -0.05) is 0 Å². The summed E-state index contributed by atoms with van der Waals surface area (Å²) in [6.45, 7) is 1.99. The zero-order valence-electron chi connectivity index (χ0n) is 7.61. The summed E-state index contributed by atoms with van der Waals surface area (Å²) in [5.74, 6) is 0. The number of hydrogen-bond acceptors (Lipinski definition) is 3. The molecule has 4 heteroatoms. The largest absolute Gasteiger partial charge is 0.255 e. The Kier molecular flexibility index (Phi) is 2.54. The molecule has 2 rings (SSSR count). The van der Waals surface area contributed by atoms with Gasteiger partial charge < -0.3 is 0 Å². The fourth-order valence-electron chi connectivity index (χ4n) is 1.19. The van der Waals surface area contributed by atoms with Gasteiger partial charge in [0.05, 0.1) is 18.1 Å². The molecule has 0 saturated carbocycles. The summed E-state index contributed by atoms with van der Waals surface area (Å²) in [6, 6.07) is 3.91. The number of aromatic nitrogens is 3. The molecule has 0 saturated heterocycles. The molecule has 0 spiro atoms. The molecule has 2 aromatic rings. The minimum atomic E-state index is 0.917. The van der Waals surface area contributed by atoms with Gasteiger partial charge in [0, 0.05) is 16.2 Å². The van der Waals surface area contributed by atoms with E-state index in [0.29, 0.717) is 0 Å². The molecule has 0 aliphatic rings. The van der Waals surface area contributed by atoms with Crippen LogP contribution in [0.5, 0.6) is 0 Å². The predicted octanol–water partition coefficient (Wildman–Crippen LogP) is 2.61. The number of rotatable bonds is 1. The van der Waals surface area contributed by atoms with Gasteiger partial charge in [-0.3, -0.25) is 4.98 Å². The number of aryl methyl sites for hydroxylation is 1. The van der Waals surface area contributed by atoms with E-state index in [1.165, 1.54) is 0 Å². The SMILES string of the molecule is Cc1cnncc1-c1ccc(Br)cn1. The molecular formula is C10H8BrN3. The Balaban J connectivity index is 2.50. The normalized spacial score (nSPS) is 10.1. The topological polar surface area (TPSA) is 38.7 Å². The first-order valence-electron chi connectivity index (χ1n) is 4.16. The van der Waals surface area contributed by atoms with E-state index in [1.807, 2.05) is 19.1 Å². The minimum Gasteiger partial charge on any atom is -0.255 e. The van der Waals surface area contributed by atoms with E-state index in [0.717, 1.165) is 21.3 Å². The van der Waals surface area contributed by atoms with Crippen molar-refractivity contribution in [3.63, 3.8) is 0 Å². The van der Waals surface area contributed by atoms with E-state index >= 15 is 0 Å². The molecule has 3 nitrogen and oxygen atoms in total. The molecule has 0 aromatic carbocycles. The van der Waals surface area contributed by atoms with Crippen LogP contribution in [-0.4, -0.2) is 15.2 Å². The third-order valence-electron chi connectivity index (χ3n) is 1.93. The summed E-state index contributed by atoms with van der Waals surface area (Å²) in [6.07, 6.45) is 5.24. The van der Waals surface area contributed by atoms with Crippen molar-refractivity contribution in [3.8, 4) is 11.3 Å². The van der Waals surface area contributed by atoms with Gasteiger partial charge in [0.2, 0.25) is 0 Å². The Labute approximate surface area is 90.3 Å². The lowest BCUT2D eigenvalue weighted by Gasteiger charge is -2.02. The highest BCUT2D eigenvalue weighted by molar-refractivity contribution is 9.10. The molecule has 2 aromatic heterocycles. The van der Waals surface area contributed by atoms with Gasteiger partial charge >= 0.3 is 0 Å². The van der Waals surface area contributed by atoms with E-state index in [1.54, 1.807) is 18.6 Å². The molecule has 14 heavy (non-hydrogen) atoms. The summed E-state index contributed by atoms with van der Waals surface area (Å²) in [5.41, 5.74) is 3.02. The van der Waals surface area contributed by atoms with Crippen molar-refractivity contribution in [2.24, 2.45) is 0 Å². The molecule has 0 aliphatic heterocycles. The van der Waals surface area contributed by atoms with Gasteiger partial charge in [-0.2, -0.15) is 10.2 Å². The molecule has 0 aliphatic carbocycles. The Morgan fingerprint density at radius 1 is 1.07 bits per heavy atom. The third-order valence-corrected chi connectivity index (χ3v) is 2.40. The second-order valence-corrected chi connectivity index (χ2v) is 3.86. The van der Waals surface area contributed by atoms with E-state index in [-0.39, 0.29) is 0 Å². The zero-order valence-corrected chi connectivity index (χ0v) is 9.19. The summed E-state index contributed by atoms with van der Waals surface area (Å²) in [5, 5.41) is 7.64. The Morgan fingerprint density at radius 2 is 1.86 bits per heavy atom. The maximum atomic E-state index is 4.29. The smallest absolute Gasteiger partial charge is 0.0722 e. The van der Waals surface area contributed by atoms with Crippen LogP contribution in [0.2, 0.25) is 0 Å². The van der Waals surface area contributed by atoms with Crippen molar-refractivity contribution in [2.45, 2.75) is 6.92 Å². The first-order chi connectivity index (χ1) is 6.77. The highest BCUT2D eigenvalue weighted by atomic mass is 79.9. The molecule has 0 unspecified atom stereocenters. The molecule has 2 heterocycles. The zero-order chi connectivity index (χ0) is 9.97. The van der Waals surface area contributed by atoms with E-state index in [4.69, 9.17) is 0 Å². The van der Waals surface area contributed by atoms with Gasteiger partial charge in [0.15, 0.2) is 0 Å². The number of pyridine rings is 1. The van der Waals surface area contributed by atoms with Crippen molar-refractivity contribution >= 4 is 15.9 Å². The van der Waals surface area contributed by atoms with Crippen LogP contribution in [0.15, 0.2) is 35.2 Å². The van der Waals surface area contributed by atoms with E-state index in [9.17, 15) is 0 Å². The maximum absolute atomic E-state index is 4.29. The van der Waals surface area contributed by atoms with Gasteiger partial charge in [-0.25, -0.2) is 0 Å². The number of nitrogens with zero attached hydrogens (tertiary/aromatic N) is 3.